The summed E-state index contributed by atoms with van der Waals surface area (Å²) >= 11 is 0. The van der Waals surface area contributed by atoms with E-state index < -0.39 is 11.6 Å². The van der Waals surface area contributed by atoms with Gasteiger partial charge in [0.15, 0.2) is 11.6 Å². The van der Waals surface area contributed by atoms with Gasteiger partial charge in [-0.25, -0.2) is 8.78 Å². The fourth-order valence-electron chi connectivity index (χ4n) is 1.55. The van der Waals surface area contributed by atoms with Crippen LogP contribution in [0.5, 0.6) is 0 Å². The van der Waals surface area contributed by atoms with Crippen LogP contribution in [0.25, 0.3) is 0 Å². The number of halogens is 2. The molecule has 3 N–H and O–H groups in total. The van der Waals surface area contributed by atoms with Crippen molar-refractivity contribution in [2.24, 2.45) is 5.73 Å². The molecule has 0 aliphatic carbocycles. The van der Waals surface area contributed by atoms with Crippen LogP contribution in [0.2, 0.25) is 0 Å². The van der Waals surface area contributed by atoms with E-state index >= 15 is 0 Å². The van der Waals surface area contributed by atoms with E-state index in [2.05, 4.69) is 5.32 Å². The maximum Gasteiger partial charge on any atom is 0.159 e. The highest BCUT2D eigenvalue weighted by molar-refractivity contribution is 5.17. The van der Waals surface area contributed by atoms with E-state index in [4.69, 9.17) is 5.73 Å². The Morgan fingerprint density at radius 1 is 1.24 bits per heavy atom. The van der Waals surface area contributed by atoms with Crippen LogP contribution in [0.1, 0.15) is 32.3 Å². The van der Waals surface area contributed by atoms with Crippen molar-refractivity contribution in [1.82, 2.24) is 5.32 Å². The fraction of sp³-hybridized carbons (Fsp3) is 0.538. The van der Waals surface area contributed by atoms with Gasteiger partial charge in [0.25, 0.3) is 0 Å². The van der Waals surface area contributed by atoms with Crippen LogP contribution in [0.4, 0.5) is 8.78 Å². The van der Waals surface area contributed by atoms with Gasteiger partial charge in [-0.1, -0.05) is 6.07 Å². The van der Waals surface area contributed by atoms with Gasteiger partial charge in [-0.3, -0.25) is 0 Å². The Bertz CT molecular complexity index is 359. The lowest BCUT2D eigenvalue weighted by atomic mass is 10.0. The Morgan fingerprint density at radius 3 is 2.53 bits per heavy atom. The summed E-state index contributed by atoms with van der Waals surface area (Å²) in [6, 6.07) is 3.95. The Balaban J connectivity index is 2.25. The highest BCUT2D eigenvalue weighted by Gasteiger charge is 2.09. The lowest BCUT2D eigenvalue weighted by molar-refractivity contribution is 0.448. The number of hydrogen-bond donors (Lipinski definition) is 2. The lowest BCUT2D eigenvalue weighted by Crippen LogP contribution is -2.32. The molecule has 17 heavy (non-hydrogen) atoms. The molecule has 0 aromatic heterocycles. The zero-order valence-corrected chi connectivity index (χ0v) is 10.4. The highest BCUT2D eigenvalue weighted by Crippen LogP contribution is 2.09. The van der Waals surface area contributed by atoms with Crippen LogP contribution in [0.3, 0.4) is 0 Å². The maximum absolute atomic E-state index is 12.9. The van der Waals surface area contributed by atoms with Crippen molar-refractivity contribution >= 4 is 0 Å². The largest absolute Gasteiger partial charge is 0.326 e. The minimum atomic E-state index is -0.807. The smallest absolute Gasteiger partial charge is 0.159 e. The topological polar surface area (TPSA) is 38.0 Å². The normalized spacial score (nSPS) is 11.8. The van der Waals surface area contributed by atoms with Crippen LogP contribution >= 0.6 is 0 Å². The molecular weight excluding hydrogens is 222 g/mol. The summed E-state index contributed by atoms with van der Waals surface area (Å²) in [5, 5.41) is 3.18. The molecule has 2 nitrogen and oxygen atoms in total. The predicted molar refractivity (Wildman–Crippen MR) is 65.6 cm³/mol. The SMILES string of the molecule is CC(C)(N)CCCNCc1ccc(F)c(F)c1. The van der Waals surface area contributed by atoms with E-state index in [1.54, 1.807) is 6.07 Å². The zero-order valence-electron chi connectivity index (χ0n) is 10.4. The van der Waals surface area contributed by atoms with Gasteiger partial charge in [-0.2, -0.15) is 0 Å². The molecule has 1 aromatic carbocycles. The van der Waals surface area contributed by atoms with E-state index in [-0.39, 0.29) is 5.54 Å². The third kappa shape index (κ3) is 5.75. The molecule has 0 heterocycles. The molecule has 0 spiro atoms. The average molecular weight is 242 g/mol. The summed E-state index contributed by atoms with van der Waals surface area (Å²) in [6.07, 6.45) is 1.89. The average Bonchev–Trinajstić information content (AvgIpc) is 2.21. The summed E-state index contributed by atoms with van der Waals surface area (Å²) in [6.45, 7) is 5.34. The van der Waals surface area contributed by atoms with Crippen molar-refractivity contribution in [3.63, 3.8) is 0 Å². The van der Waals surface area contributed by atoms with Gasteiger partial charge in [0.2, 0.25) is 0 Å². The van der Waals surface area contributed by atoms with Crippen molar-refractivity contribution < 1.29 is 8.78 Å². The van der Waals surface area contributed by atoms with Gasteiger partial charge in [0.05, 0.1) is 0 Å². The molecule has 0 bridgehead atoms. The van der Waals surface area contributed by atoms with Gasteiger partial charge < -0.3 is 11.1 Å². The summed E-state index contributed by atoms with van der Waals surface area (Å²) in [4.78, 5) is 0. The molecule has 0 saturated carbocycles. The van der Waals surface area contributed by atoms with Crippen molar-refractivity contribution in [2.45, 2.75) is 38.8 Å². The summed E-state index contributed by atoms with van der Waals surface area (Å²) in [5.74, 6) is -1.61. The molecule has 0 radical (unpaired) electrons. The first-order valence-corrected chi connectivity index (χ1v) is 5.82. The van der Waals surface area contributed by atoms with E-state index in [0.29, 0.717) is 6.54 Å². The molecule has 4 heteroatoms. The molecule has 0 fully saturated rings. The first-order valence-electron chi connectivity index (χ1n) is 5.82. The van der Waals surface area contributed by atoms with E-state index in [1.165, 1.54) is 6.07 Å². The van der Waals surface area contributed by atoms with Gasteiger partial charge in [0, 0.05) is 12.1 Å². The van der Waals surface area contributed by atoms with Gasteiger partial charge in [-0.15, -0.1) is 0 Å². The Hall–Kier alpha value is -1.00. The number of benzene rings is 1. The molecular formula is C13H20F2N2. The van der Waals surface area contributed by atoms with Crippen molar-refractivity contribution in [1.29, 1.82) is 0 Å². The van der Waals surface area contributed by atoms with Crippen molar-refractivity contribution in [3.8, 4) is 0 Å². The lowest BCUT2D eigenvalue weighted by Gasteiger charge is -2.17. The highest BCUT2D eigenvalue weighted by atomic mass is 19.2. The van der Waals surface area contributed by atoms with Gasteiger partial charge in [0.1, 0.15) is 0 Å². The monoisotopic (exact) mass is 242 g/mol. The molecule has 0 atom stereocenters. The first-order chi connectivity index (χ1) is 7.88. The van der Waals surface area contributed by atoms with Crippen molar-refractivity contribution in [2.75, 3.05) is 6.54 Å². The minimum Gasteiger partial charge on any atom is -0.326 e. The molecule has 1 aromatic rings. The summed E-state index contributed by atoms with van der Waals surface area (Å²) < 4.78 is 25.6. The van der Waals surface area contributed by atoms with Crippen LogP contribution in [0.15, 0.2) is 18.2 Å². The predicted octanol–water partition coefficient (Wildman–Crippen LogP) is 2.57. The zero-order chi connectivity index (χ0) is 12.9. The number of nitrogens with one attached hydrogen (secondary N) is 1. The molecule has 0 aliphatic rings. The second-order valence-corrected chi connectivity index (χ2v) is 5.02. The third-order valence-electron chi connectivity index (χ3n) is 2.49. The van der Waals surface area contributed by atoms with Crippen LogP contribution < -0.4 is 11.1 Å². The Labute approximate surface area is 101 Å². The first kappa shape index (κ1) is 14.1. The second kappa shape index (κ2) is 6.07. The molecule has 1 rings (SSSR count). The van der Waals surface area contributed by atoms with Crippen molar-refractivity contribution in [3.05, 3.63) is 35.4 Å². The number of hydrogen-bond acceptors (Lipinski definition) is 2. The van der Waals surface area contributed by atoms with Crippen LogP contribution in [-0.4, -0.2) is 12.1 Å². The molecule has 0 saturated heterocycles. The van der Waals surface area contributed by atoms with Crippen LogP contribution in [-0.2, 0) is 6.54 Å². The van der Waals surface area contributed by atoms with Gasteiger partial charge >= 0.3 is 0 Å². The third-order valence-corrected chi connectivity index (χ3v) is 2.49. The van der Waals surface area contributed by atoms with E-state index in [1.807, 2.05) is 13.8 Å². The Kier molecular flexibility index (Phi) is 5.02. The molecule has 96 valence electrons. The maximum atomic E-state index is 12.9. The second-order valence-electron chi connectivity index (χ2n) is 5.02. The quantitative estimate of drug-likeness (QED) is 0.752. The van der Waals surface area contributed by atoms with E-state index in [0.717, 1.165) is 31.0 Å². The minimum absolute atomic E-state index is 0.149. The summed E-state index contributed by atoms with van der Waals surface area (Å²) in [5.41, 5.74) is 6.44. The molecule has 0 amide bonds. The summed E-state index contributed by atoms with van der Waals surface area (Å²) in [7, 11) is 0. The number of rotatable bonds is 6. The molecule has 0 unspecified atom stereocenters. The fourth-order valence-corrected chi connectivity index (χ4v) is 1.55. The van der Waals surface area contributed by atoms with Crippen LogP contribution in [0, 0.1) is 11.6 Å². The van der Waals surface area contributed by atoms with Gasteiger partial charge in [-0.05, 0) is 50.9 Å². The Morgan fingerprint density at radius 2 is 1.94 bits per heavy atom. The number of nitrogens with two attached hydrogens (primary N) is 1. The standard InChI is InChI=1S/C13H20F2N2/c1-13(2,16)6-3-7-17-9-10-4-5-11(14)12(15)8-10/h4-5,8,17H,3,6-7,9,16H2,1-2H3. The molecule has 0 aliphatic heterocycles. The van der Waals surface area contributed by atoms with E-state index in [9.17, 15) is 8.78 Å².